The van der Waals surface area contributed by atoms with E-state index in [2.05, 4.69) is 9.97 Å². The first-order valence-corrected chi connectivity index (χ1v) is 8.69. The lowest BCUT2D eigenvalue weighted by molar-refractivity contribution is -0.143. The highest BCUT2D eigenvalue weighted by atomic mass is 16.5. The number of benzene rings is 2. The molecule has 0 atom stereocenters. The summed E-state index contributed by atoms with van der Waals surface area (Å²) in [6.07, 6.45) is 4.68. The molecule has 0 spiro atoms. The van der Waals surface area contributed by atoms with Crippen molar-refractivity contribution < 1.29 is 13.9 Å². The van der Waals surface area contributed by atoms with Crippen LogP contribution < -0.4 is 10.5 Å². The number of carbonyl (C=O) groups is 1. The van der Waals surface area contributed by atoms with Crippen molar-refractivity contribution in [2.24, 2.45) is 0 Å². The van der Waals surface area contributed by atoms with Crippen molar-refractivity contribution in [3.05, 3.63) is 77.0 Å². The van der Waals surface area contributed by atoms with E-state index >= 15 is 0 Å². The van der Waals surface area contributed by atoms with Gasteiger partial charge in [-0.3, -0.25) is 9.78 Å². The average molecular weight is 375 g/mol. The van der Waals surface area contributed by atoms with Crippen LogP contribution in [0.25, 0.3) is 21.7 Å². The Balaban J connectivity index is 1.58. The predicted octanol–water partition coefficient (Wildman–Crippen LogP) is 2.92. The van der Waals surface area contributed by atoms with E-state index in [1.54, 1.807) is 36.6 Å². The zero-order valence-electron chi connectivity index (χ0n) is 15.2. The van der Waals surface area contributed by atoms with Crippen LogP contribution in [0.2, 0.25) is 0 Å². The number of rotatable bonds is 5. The second-order valence-electron chi connectivity index (χ2n) is 6.33. The Bertz CT molecular complexity index is 1200. The molecule has 0 fully saturated rings. The van der Waals surface area contributed by atoms with Crippen molar-refractivity contribution in [3.63, 3.8) is 0 Å². The van der Waals surface area contributed by atoms with Gasteiger partial charge in [0.2, 0.25) is 0 Å². The summed E-state index contributed by atoms with van der Waals surface area (Å²) in [5.41, 5.74) is 0.595. The molecule has 0 radical (unpaired) electrons. The third-order valence-electron chi connectivity index (χ3n) is 4.41. The summed E-state index contributed by atoms with van der Waals surface area (Å²) < 4.78 is 10.7. The highest BCUT2D eigenvalue weighted by molar-refractivity contribution is 6.07. The van der Waals surface area contributed by atoms with E-state index in [0.29, 0.717) is 17.0 Å². The van der Waals surface area contributed by atoms with Crippen LogP contribution in [0.15, 0.2) is 70.3 Å². The monoisotopic (exact) mass is 375 g/mol. The fourth-order valence-corrected chi connectivity index (χ4v) is 3.10. The number of ether oxygens (including phenoxy) is 1. The molecule has 4 aromatic rings. The fraction of sp³-hybridized carbons (Fsp3) is 0.143. The number of likely N-dealkylation sites (N-methyl/N-ethyl adjacent to an activating group) is 1. The summed E-state index contributed by atoms with van der Waals surface area (Å²) in [6.45, 7) is -0.0118. The minimum absolute atomic E-state index is 0.0127. The Morgan fingerprint density at radius 1 is 1.18 bits per heavy atom. The number of fused-ring (bicyclic) bond motifs is 3. The maximum atomic E-state index is 12.3. The predicted molar refractivity (Wildman–Crippen MR) is 105 cm³/mol. The molecule has 0 aliphatic carbocycles. The summed E-state index contributed by atoms with van der Waals surface area (Å²) in [5, 5.41) is 2.72. The highest BCUT2D eigenvalue weighted by Gasteiger charge is 2.14. The lowest BCUT2D eigenvalue weighted by Gasteiger charge is -2.16. The van der Waals surface area contributed by atoms with E-state index in [1.165, 1.54) is 6.07 Å². The molecule has 0 amide bonds. The third kappa shape index (κ3) is 3.55. The van der Waals surface area contributed by atoms with Crippen LogP contribution in [0.3, 0.4) is 0 Å². The molecule has 0 unspecified atom stereocenters. The molecule has 7 heteroatoms. The van der Waals surface area contributed by atoms with E-state index in [4.69, 9.17) is 9.15 Å². The van der Waals surface area contributed by atoms with Gasteiger partial charge in [0, 0.05) is 36.5 Å². The summed E-state index contributed by atoms with van der Waals surface area (Å²) >= 11 is 0. The zero-order chi connectivity index (χ0) is 19.5. The lowest BCUT2D eigenvalue weighted by Crippen LogP contribution is -2.27. The first-order chi connectivity index (χ1) is 13.6. The Kier molecular flexibility index (Phi) is 4.72. The number of aromatic nitrogens is 2. The first-order valence-electron chi connectivity index (χ1n) is 8.69. The molecule has 4 rings (SSSR count). The van der Waals surface area contributed by atoms with Crippen molar-refractivity contribution in [1.29, 1.82) is 0 Å². The Morgan fingerprint density at radius 3 is 2.86 bits per heavy atom. The second kappa shape index (κ2) is 7.48. The van der Waals surface area contributed by atoms with Gasteiger partial charge in [-0.25, -0.2) is 9.78 Å². The largest absolute Gasteiger partial charge is 0.459 e. The van der Waals surface area contributed by atoms with Gasteiger partial charge in [-0.2, -0.15) is 0 Å². The number of nitrogens with zero attached hydrogens (tertiary/aromatic N) is 3. The van der Waals surface area contributed by atoms with Gasteiger partial charge < -0.3 is 14.1 Å². The van der Waals surface area contributed by atoms with Crippen LogP contribution in [-0.4, -0.2) is 29.5 Å². The molecular weight excluding hydrogens is 358 g/mol. The van der Waals surface area contributed by atoms with Crippen LogP contribution in [0.1, 0.15) is 5.56 Å². The molecule has 0 N–H and O–H groups in total. The summed E-state index contributed by atoms with van der Waals surface area (Å²) in [6, 6.07) is 12.8. The van der Waals surface area contributed by atoms with E-state index < -0.39 is 11.6 Å². The van der Waals surface area contributed by atoms with Gasteiger partial charge in [0.15, 0.2) is 0 Å². The van der Waals surface area contributed by atoms with Crippen molar-refractivity contribution in [1.82, 2.24) is 9.97 Å². The number of esters is 1. The van der Waals surface area contributed by atoms with Gasteiger partial charge in [0.05, 0.1) is 6.20 Å². The quantitative estimate of drug-likeness (QED) is 0.301. The summed E-state index contributed by atoms with van der Waals surface area (Å²) in [7, 11) is 1.73. The van der Waals surface area contributed by atoms with Crippen LogP contribution in [-0.2, 0) is 16.1 Å². The Labute approximate surface area is 160 Å². The van der Waals surface area contributed by atoms with Crippen molar-refractivity contribution >= 4 is 33.5 Å². The average Bonchev–Trinajstić information content (AvgIpc) is 2.72. The lowest BCUT2D eigenvalue weighted by atomic mass is 10.0. The first kappa shape index (κ1) is 17.7. The van der Waals surface area contributed by atoms with Crippen LogP contribution in [0, 0.1) is 0 Å². The van der Waals surface area contributed by atoms with Gasteiger partial charge in [-0.1, -0.05) is 30.3 Å². The number of carbonyl (C=O) groups excluding carboxylic acids is 1. The molecule has 2 aromatic carbocycles. The van der Waals surface area contributed by atoms with Gasteiger partial charge >= 0.3 is 11.6 Å². The topological polar surface area (TPSA) is 85.5 Å². The molecule has 7 nitrogen and oxygen atoms in total. The van der Waals surface area contributed by atoms with E-state index in [0.717, 1.165) is 16.2 Å². The zero-order valence-corrected chi connectivity index (χ0v) is 15.2. The smallest absolute Gasteiger partial charge is 0.336 e. The molecule has 0 saturated heterocycles. The van der Waals surface area contributed by atoms with Crippen molar-refractivity contribution in [3.8, 4) is 0 Å². The van der Waals surface area contributed by atoms with Crippen LogP contribution in [0.5, 0.6) is 0 Å². The summed E-state index contributed by atoms with van der Waals surface area (Å²) in [5.74, 6) is 0.131. The SMILES string of the molecule is CN(CC(=O)OCc1cc(=O)oc2ccc3ccccc3c12)c1cnccn1. The Morgan fingerprint density at radius 2 is 2.04 bits per heavy atom. The number of hydrogen-bond donors (Lipinski definition) is 0. The molecule has 28 heavy (non-hydrogen) atoms. The van der Waals surface area contributed by atoms with Gasteiger partial charge in [0.25, 0.3) is 0 Å². The van der Waals surface area contributed by atoms with Crippen LogP contribution >= 0.6 is 0 Å². The third-order valence-corrected chi connectivity index (χ3v) is 4.41. The minimum atomic E-state index is -0.481. The fourth-order valence-electron chi connectivity index (χ4n) is 3.10. The molecule has 140 valence electrons. The minimum Gasteiger partial charge on any atom is -0.459 e. The molecule has 2 aromatic heterocycles. The standard InChI is InChI=1S/C21H17N3O4/c1-24(18-11-22-8-9-23-18)12-20(26)27-13-15-10-19(25)28-17-7-6-14-4-2-3-5-16(14)21(15)17/h2-11H,12-13H2,1H3. The molecule has 0 bridgehead atoms. The van der Waals surface area contributed by atoms with Crippen molar-refractivity contribution in [2.75, 3.05) is 18.5 Å². The molecule has 0 aliphatic rings. The normalized spacial score (nSPS) is 10.9. The molecule has 0 saturated carbocycles. The maximum absolute atomic E-state index is 12.3. The molecular formula is C21H17N3O4. The van der Waals surface area contributed by atoms with E-state index in [-0.39, 0.29) is 13.2 Å². The maximum Gasteiger partial charge on any atom is 0.336 e. The van der Waals surface area contributed by atoms with E-state index in [1.807, 2.05) is 30.3 Å². The summed E-state index contributed by atoms with van der Waals surface area (Å²) in [4.78, 5) is 33.9. The van der Waals surface area contributed by atoms with Crippen molar-refractivity contribution in [2.45, 2.75) is 6.61 Å². The molecule has 2 heterocycles. The van der Waals surface area contributed by atoms with E-state index in [9.17, 15) is 9.59 Å². The number of hydrogen-bond acceptors (Lipinski definition) is 7. The highest BCUT2D eigenvalue weighted by Crippen LogP contribution is 2.27. The second-order valence-corrected chi connectivity index (χ2v) is 6.33. The van der Waals surface area contributed by atoms with Gasteiger partial charge in [-0.05, 0) is 16.8 Å². The van der Waals surface area contributed by atoms with Gasteiger partial charge in [0.1, 0.15) is 24.6 Å². The van der Waals surface area contributed by atoms with Crippen LogP contribution in [0.4, 0.5) is 5.82 Å². The Hall–Kier alpha value is -3.74. The number of anilines is 1. The molecule has 0 aliphatic heterocycles. The van der Waals surface area contributed by atoms with Gasteiger partial charge in [-0.15, -0.1) is 0 Å².